The molecule has 1 heterocycles. The molecule has 1 saturated heterocycles. The minimum atomic E-state index is -3.82. The summed E-state index contributed by atoms with van der Waals surface area (Å²) in [4.78, 5) is 0.00469. The van der Waals surface area contributed by atoms with Crippen molar-refractivity contribution in [2.45, 2.75) is 55.0 Å². The zero-order valence-corrected chi connectivity index (χ0v) is 13.7. The molecule has 0 spiro atoms. The monoisotopic (exact) mass is 332 g/mol. The smallest absolute Gasteiger partial charge is 0.225 e. The van der Waals surface area contributed by atoms with Crippen molar-refractivity contribution in [3.05, 3.63) is 24.3 Å². The van der Waals surface area contributed by atoms with Crippen LogP contribution in [0.4, 0.5) is 0 Å². The third-order valence-corrected chi connectivity index (χ3v) is 6.92. The van der Waals surface area contributed by atoms with Gasteiger partial charge in [-0.05, 0) is 50.5 Å². The van der Waals surface area contributed by atoms with Crippen LogP contribution in [0.3, 0.4) is 0 Å². The van der Waals surface area contributed by atoms with Crippen molar-refractivity contribution in [3.8, 4) is 0 Å². The first kappa shape index (κ1) is 16.4. The SMILES string of the molecule is CCC1CCC(C)N1S(=O)(=O)c1ccc(S(N)(=O)=O)cc1. The van der Waals surface area contributed by atoms with E-state index >= 15 is 0 Å². The zero-order valence-electron chi connectivity index (χ0n) is 12.1. The van der Waals surface area contributed by atoms with E-state index in [-0.39, 0.29) is 21.9 Å². The lowest BCUT2D eigenvalue weighted by atomic mass is 10.2. The van der Waals surface area contributed by atoms with Gasteiger partial charge in [0.25, 0.3) is 0 Å². The van der Waals surface area contributed by atoms with Crippen molar-refractivity contribution in [1.29, 1.82) is 0 Å². The first-order valence-corrected chi connectivity index (χ1v) is 9.83. The lowest BCUT2D eigenvalue weighted by Gasteiger charge is -2.27. The Morgan fingerprint density at radius 3 is 2.10 bits per heavy atom. The molecule has 1 aromatic carbocycles. The number of benzene rings is 1. The van der Waals surface area contributed by atoms with Crippen LogP contribution in [0.2, 0.25) is 0 Å². The molecule has 1 aliphatic heterocycles. The van der Waals surface area contributed by atoms with Gasteiger partial charge in [0.1, 0.15) is 0 Å². The van der Waals surface area contributed by atoms with Crippen LogP contribution >= 0.6 is 0 Å². The normalized spacial score (nSPS) is 24.3. The number of rotatable bonds is 4. The van der Waals surface area contributed by atoms with Crippen molar-refractivity contribution >= 4 is 20.0 Å². The van der Waals surface area contributed by atoms with Gasteiger partial charge in [-0.3, -0.25) is 0 Å². The van der Waals surface area contributed by atoms with Crippen molar-refractivity contribution in [3.63, 3.8) is 0 Å². The summed E-state index contributed by atoms with van der Waals surface area (Å²) >= 11 is 0. The van der Waals surface area contributed by atoms with Gasteiger partial charge in [-0.25, -0.2) is 22.0 Å². The van der Waals surface area contributed by atoms with Crippen molar-refractivity contribution < 1.29 is 16.8 Å². The van der Waals surface area contributed by atoms with Gasteiger partial charge in [0.2, 0.25) is 20.0 Å². The molecule has 2 unspecified atom stereocenters. The first-order valence-electron chi connectivity index (χ1n) is 6.84. The second kappa shape index (κ2) is 5.68. The molecular weight excluding hydrogens is 312 g/mol. The molecule has 6 nitrogen and oxygen atoms in total. The fourth-order valence-corrected chi connectivity index (χ4v) is 5.25. The molecule has 0 saturated carbocycles. The van der Waals surface area contributed by atoms with Gasteiger partial charge < -0.3 is 0 Å². The van der Waals surface area contributed by atoms with E-state index in [1.165, 1.54) is 24.3 Å². The molecule has 1 fully saturated rings. The molecule has 0 radical (unpaired) electrons. The summed E-state index contributed by atoms with van der Waals surface area (Å²) in [7, 11) is -7.43. The second-order valence-electron chi connectivity index (χ2n) is 5.34. The molecule has 0 aromatic heterocycles. The van der Waals surface area contributed by atoms with E-state index in [2.05, 4.69) is 0 Å². The molecule has 2 atom stereocenters. The molecule has 0 bridgehead atoms. The van der Waals surface area contributed by atoms with E-state index in [4.69, 9.17) is 5.14 Å². The van der Waals surface area contributed by atoms with Crippen LogP contribution < -0.4 is 5.14 Å². The van der Waals surface area contributed by atoms with Gasteiger partial charge in [-0.2, -0.15) is 4.31 Å². The molecular formula is C13H20N2O4S2. The van der Waals surface area contributed by atoms with Crippen molar-refractivity contribution in [2.24, 2.45) is 5.14 Å². The zero-order chi connectivity index (χ0) is 15.8. The third-order valence-electron chi connectivity index (χ3n) is 3.91. The summed E-state index contributed by atoms with van der Waals surface area (Å²) < 4.78 is 49.4. The Morgan fingerprint density at radius 2 is 1.62 bits per heavy atom. The Kier molecular flexibility index (Phi) is 4.44. The van der Waals surface area contributed by atoms with E-state index in [9.17, 15) is 16.8 Å². The third kappa shape index (κ3) is 3.13. The van der Waals surface area contributed by atoms with Gasteiger partial charge in [-0.1, -0.05) is 6.92 Å². The fourth-order valence-electron chi connectivity index (χ4n) is 2.79. The summed E-state index contributed by atoms with van der Waals surface area (Å²) in [5, 5.41) is 5.02. The molecule has 118 valence electrons. The Morgan fingerprint density at radius 1 is 1.10 bits per heavy atom. The molecule has 2 N–H and O–H groups in total. The Bertz CT molecular complexity index is 711. The summed E-state index contributed by atoms with van der Waals surface area (Å²) in [6.45, 7) is 3.86. The number of hydrogen-bond donors (Lipinski definition) is 1. The highest BCUT2D eigenvalue weighted by atomic mass is 32.2. The van der Waals surface area contributed by atoms with Crippen LogP contribution in [-0.4, -0.2) is 33.2 Å². The van der Waals surface area contributed by atoms with Crippen LogP contribution in [0.15, 0.2) is 34.1 Å². The Labute approximate surface area is 126 Å². The Balaban J connectivity index is 2.40. The lowest BCUT2D eigenvalue weighted by Crippen LogP contribution is -2.39. The van der Waals surface area contributed by atoms with Crippen LogP contribution in [0.5, 0.6) is 0 Å². The van der Waals surface area contributed by atoms with E-state index in [1.54, 1.807) is 4.31 Å². The van der Waals surface area contributed by atoms with Crippen LogP contribution in [0.25, 0.3) is 0 Å². The van der Waals surface area contributed by atoms with E-state index < -0.39 is 20.0 Å². The van der Waals surface area contributed by atoms with Gasteiger partial charge in [0.15, 0.2) is 0 Å². The second-order valence-corrected chi connectivity index (χ2v) is 8.74. The van der Waals surface area contributed by atoms with Crippen LogP contribution in [-0.2, 0) is 20.0 Å². The van der Waals surface area contributed by atoms with Crippen LogP contribution in [0.1, 0.15) is 33.1 Å². The topological polar surface area (TPSA) is 97.5 Å². The minimum absolute atomic E-state index is 0.00270. The number of nitrogens with two attached hydrogens (primary N) is 1. The maximum absolute atomic E-state index is 12.7. The average molecular weight is 332 g/mol. The standard InChI is InChI=1S/C13H20N2O4S2/c1-3-11-5-4-10(2)15(11)21(18,19)13-8-6-12(7-9-13)20(14,16)17/h6-11H,3-5H2,1-2H3,(H2,14,16,17). The average Bonchev–Trinajstić information content (AvgIpc) is 2.79. The predicted molar refractivity (Wildman–Crippen MR) is 79.6 cm³/mol. The lowest BCUT2D eigenvalue weighted by molar-refractivity contribution is 0.328. The van der Waals surface area contributed by atoms with Crippen LogP contribution in [0, 0.1) is 0 Å². The molecule has 0 amide bonds. The molecule has 21 heavy (non-hydrogen) atoms. The minimum Gasteiger partial charge on any atom is -0.225 e. The van der Waals surface area contributed by atoms with Crippen molar-refractivity contribution in [2.75, 3.05) is 0 Å². The molecule has 2 rings (SSSR count). The van der Waals surface area contributed by atoms with Gasteiger partial charge in [0.05, 0.1) is 9.79 Å². The van der Waals surface area contributed by atoms with Gasteiger partial charge in [-0.15, -0.1) is 0 Å². The highest BCUT2D eigenvalue weighted by Gasteiger charge is 2.39. The summed E-state index contributed by atoms with van der Waals surface area (Å²) in [5.74, 6) is 0. The largest absolute Gasteiger partial charge is 0.243 e. The highest BCUT2D eigenvalue weighted by molar-refractivity contribution is 7.89. The molecule has 0 aliphatic carbocycles. The Hall–Kier alpha value is -0.960. The predicted octanol–water partition coefficient (Wildman–Crippen LogP) is 1.29. The summed E-state index contributed by atoms with van der Waals surface area (Å²) in [6, 6.07) is 5.01. The summed E-state index contributed by atoms with van der Waals surface area (Å²) in [5.41, 5.74) is 0. The number of nitrogens with zero attached hydrogens (tertiary/aromatic N) is 1. The van der Waals surface area contributed by atoms with E-state index in [0.717, 1.165) is 19.3 Å². The number of sulfonamides is 2. The van der Waals surface area contributed by atoms with E-state index in [1.807, 2.05) is 13.8 Å². The van der Waals surface area contributed by atoms with E-state index in [0.29, 0.717) is 0 Å². The number of primary sulfonamides is 1. The molecule has 8 heteroatoms. The fraction of sp³-hybridized carbons (Fsp3) is 0.538. The van der Waals surface area contributed by atoms with Gasteiger partial charge >= 0.3 is 0 Å². The number of hydrogen-bond acceptors (Lipinski definition) is 4. The maximum atomic E-state index is 12.7. The first-order chi connectivity index (χ1) is 9.67. The maximum Gasteiger partial charge on any atom is 0.243 e. The highest BCUT2D eigenvalue weighted by Crippen LogP contribution is 2.32. The quantitative estimate of drug-likeness (QED) is 0.898. The molecule has 1 aromatic rings. The summed E-state index contributed by atoms with van der Waals surface area (Å²) in [6.07, 6.45) is 2.46. The molecule has 1 aliphatic rings. The van der Waals surface area contributed by atoms with Crippen molar-refractivity contribution in [1.82, 2.24) is 4.31 Å². The van der Waals surface area contributed by atoms with Gasteiger partial charge in [0, 0.05) is 12.1 Å².